The molecule has 0 fully saturated rings. The van der Waals surface area contributed by atoms with E-state index in [4.69, 9.17) is 5.11 Å². The average molecular weight is 273 g/mol. The van der Waals surface area contributed by atoms with Gasteiger partial charge in [-0.25, -0.2) is 9.59 Å². The van der Waals surface area contributed by atoms with E-state index in [0.717, 1.165) is 0 Å². The Hall–Kier alpha value is -1.79. The zero-order valence-electron chi connectivity index (χ0n) is 11.9. The molecule has 0 aromatic carbocycles. The number of nitrogens with one attached hydrogen (secondary N) is 2. The summed E-state index contributed by atoms with van der Waals surface area (Å²) in [5, 5.41) is 13.9. The van der Waals surface area contributed by atoms with Gasteiger partial charge in [-0.15, -0.1) is 0 Å². The fourth-order valence-electron chi connectivity index (χ4n) is 1.51. The first-order chi connectivity index (χ1) is 8.83. The Bertz CT molecular complexity index is 331. The van der Waals surface area contributed by atoms with Gasteiger partial charge in [0.25, 0.3) is 0 Å². The van der Waals surface area contributed by atoms with Crippen molar-refractivity contribution in [1.29, 1.82) is 0 Å². The Balaban J connectivity index is 4.70. The van der Waals surface area contributed by atoms with Crippen molar-refractivity contribution in [3.63, 3.8) is 0 Å². The number of hydrogen-bond donors (Lipinski definition) is 3. The number of rotatable bonds is 7. The normalized spacial score (nSPS) is 11.8. The summed E-state index contributed by atoms with van der Waals surface area (Å²) in [6.07, 6.45) is 0.684. The molecular weight excluding hydrogens is 250 g/mol. The van der Waals surface area contributed by atoms with E-state index in [-0.39, 0.29) is 18.4 Å². The molecule has 0 aliphatic heterocycles. The molecule has 0 saturated heterocycles. The molecule has 110 valence electrons. The van der Waals surface area contributed by atoms with Gasteiger partial charge in [0, 0.05) is 13.6 Å². The SMILES string of the molecule is CCCN(CC(=O)NC)C(=O)NC(C(=O)O)C(C)C. The number of carbonyl (C=O) groups is 3. The number of carboxylic acids is 1. The average Bonchev–Trinajstić information content (AvgIpc) is 2.33. The molecule has 1 atom stereocenters. The lowest BCUT2D eigenvalue weighted by Crippen LogP contribution is -2.52. The highest BCUT2D eigenvalue weighted by Crippen LogP contribution is 2.03. The number of aliphatic carboxylic acids is 1. The number of carboxylic acid groups (broad SMARTS) is 1. The standard InChI is InChI=1S/C12H23N3O4/c1-5-6-15(7-9(16)13-4)12(19)14-10(8(2)3)11(17)18/h8,10H,5-7H2,1-4H3,(H,13,16)(H,14,19)(H,17,18). The second kappa shape index (κ2) is 8.34. The van der Waals surface area contributed by atoms with E-state index in [9.17, 15) is 14.4 Å². The molecule has 0 aromatic rings. The number of hydrogen-bond acceptors (Lipinski definition) is 3. The van der Waals surface area contributed by atoms with Crippen molar-refractivity contribution in [2.45, 2.75) is 33.2 Å². The van der Waals surface area contributed by atoms with Crippen molar-refractivity contribution >= 4 is 17.9 Å². The lowest BCUT2D eigenvalue weighted by atomic mass is 10.1. The first-order valence-corrected chi connectivity index (χ1v) is 6.32. The fraction of sp³-hybridized carbons (Fsp3) is 0.750. The number of urea groups is 1. The largest absolute Gasteiger partial charge is 0.480 e. The zero-order chi connectivity index (χ0) is 15.0. The summed E-state index contributed by atoms with van der Waals surface area (Å²) in [5.41, 5.74) is 0. The monoisotopic (exact) mass is 273 g/mol. The maximum atomic E-state index is 12.0. The Labute approximate surface area is 113 Å². The Morgan fingerprint density at radius 3 is 2.21 bits per heavy atom. The van der Waals surface area contributed by atoms with Crippen LogP contribution in [0, 0.1) is 5.92 Å². The van der Waals surface area contributed by atoms with E-state index in [2.05, 4.69) is 10.6 Å². The summed E-state index contributed by atoms with van der Waals surface area (Å²) in [6, 6.07) is -1.50. The van der Waals surface area contributed by atoms with Gasteiger partial charge in [0.15, 0.2) is 0 Å². The lowest BCUT2D eigenvalue weighted by Gasteiger charge is -2.25. The van der Waals surface area contributed by atoms with Crippen LogP contribution < -0.4 is 10.6 Å². The van der Waals surface area contributed by atoms with Gasteiger partial charge >= 0.3 is 12.0 Å². The highest BCUT2D eigenvalue weighted by molar-refractivity contribution is 5.86. The summed E-state index contributed by atoms with van der Waals surface area (Å²) in [4.78, 5) is 35.6. The van der Waals surface area contributed by atoms with Crippen LogP contribution in [-0.2, 0) is 9.59 Å². The van der Waals surface area contributed by atoms with Crippen LogP contribution in [0.2, 0.25) is 0 Å². The molecule has 19 heavy (non-hydrogen) atoms. The molecule has 0 aliphatic rings. The van der Waals surface area contributed by atoms with E-state index in [1.807, 2.05) is 6.92 Å². The molecule has 0 spiro atoms. The predicted molar refractivity (Wildman–Crippen MR) is 70.7 cm³/mol. The van der Waals surface area contributed by atoms with Crippen molar-refractivity contribution in [1.82, 2.24) is 15.5 Å². The Morgan fingerprint density at radius 1 is 1.26 bits per heavy atom. The Morgan fingerprint density at radius 2 is 1.84 bits per heavy atom. The van der Waals surface area contributed by atoms with Gasteiger partial charge in [0.2, 0.25) is 5.91 Å². The van der Waals surface area contributed by atoms with Crippen LogP contribution in [0.1, 0.15) is 27.2 Å². The minimum absolute atomic E-state index is 0.0827. The van der Waals surface area contributed by atoms with Crippen LogP contribution in [0.5, 0.6) is 0 Å². The molecule has 0 aromatic heterocycles. The third-order valence-corrected chi connectivity index (χ3v) is 2.61. The Kier molecular flexibility index (Phi) is 7.55. The molecule has 7 nitrogen and oxygen atoms in total. The lowest BCUT2D eigenvalue weighted by molar-refractivity contribution is -0.140. The van der Waals surface area contributed by atoms with E-state index in [1.165, 1.54) is 11.9 Å². The maximum Gasteiger partial charge on any atom is 0.326 e. The van der Waals surface area contributed by atoms with Gasteiger partial charge in [-0.05, 0) is 12.3 Å². The number of amides is 3. The van der Waals surface area contributed by atoms with Crippen molar-refractivity contribution in [2.75, 3.05) is 20.1 Å². The second-order valence-corrected chi connectivity index (χ2v) is 4.60. The smallest absolute Gasteiger partial charge is 0.326 e. The van der Waals surface area contributed by atoms with Crippen LogP contribution in [0.25, 0.3) is 0 Å². The topological polar surface area (TPSA) is 98.7 Å². The minimum atomic E-state index is -1.08. The molecule has 0 heterocycles. The molecule has 0 saturated carbocycles. The summed E-state index contributed by atoms with van der Waals surface area (Å²) >= 11 is 0. The number of nitrogens with zero attached hydrogens (tertiary/aromatic N) is 1. The van der Waals surface area contributed by atoms with Crippen molar-refractivity contribution < 1.29 is 19.5 Å². The first kappa shape index (κ1) is 17.2. The van der Waals surface area contributed by atoms with Crippen molar-refractivity contribution in [3.05, 3.63) is 0 Å². The predicted octanol–water partition coefficient (Wildman–Crippen LogP) is 0.263. The quantitative estimate of drug-likeness (QED) is 0.619. The molecule has 0 bridgehead atoms. The molecule has 0 rings (SSSR count). The summed E-state index contributed by atoms with van der Waals surface area (Å²) in [7, 11) is 1.48. The van der Waals surface area contributed by atoms with Gasteiger partial charge in [0.05, 0.1) is 0 Å². The fourth-order valence-corrected chi connectivity index (χ4v) is 1.51. The van der Waals surface area contributed by atoms with Gasteiger partial charge in [-0.3, -0.25) is 4.79 Å². The van der Waals surface area contributed by atoms with E-state index < -0.39 is 18.0 Å². The third kappa shape index (κ3) is 6.08. The van der Waals surface area contributed by atoms with Gasteiger partial charge in [-0.2, -0.15) is 0 Å². The first-order valence-electron chi connectivity index (χ1n) is 6.32. The van der Waals surface area contributed by atoms with Crippen LogP contribution in [0.4, 0.5) is 4.79 Å². The maximum absolute atomic E-state index is 12.0. The third-order valence-electron chi connectivity index (χ3n) is 2.61. The number of carbonyl (C=O) groups excluding carboxylic acids is 2. The van der Waals surface area contributed by atoms with Crippen LogP contribution in [-0.4, -0.2) is 54.1 Å². The van der Waals surface area contributed by atoms with Crippen molar-refractivity contribution in [2.24, 2.45) is 5.92 Å². The van der Waals surface area contributed by atoms with E-state index >= 15 is 0 Å². The van der Waals surface area contributed by atoms with Crippen LogP contribution >= 0.6 is 0 Å². The second-order valence-electron chi connectivity index (χ2n) is 4.60. The van der Waals surface area contributed by atoms with Gasteiger partial charge in [-0.1, -0.05) is 20.8 Å². The van der Waals surface area contributed by atoms with Crippen LogP contribution in [0.15, 0.2) is 0 Å². The highest BCUT2D eigenvalue weighted by atomic mass is 16.4. The highest BCUT2D eigenvalue weighted by Gasteiger charge is 2.26. The molecule has 7 heteroatoms. The van der Waals surface area contributed by atoms with Gasteiger partial charge in [0.1, 0.15) is 12.6 Å². The van der Waals surface area contributed by atoms with Gasteiger partial charge < -0.3 is 20.6 Å². The zero-order valence-corrected chi connectivity index (χ0v) is 11.9. The molecule has 1 unspecified atom stereocenters. The summed E-state index contributed by atoms with van der Waals surface area (Å²) in [5.74, 6) is -1.61. The summed E-state index contributed by atoms with van der Waals surface area (Å²) < 4.78 is 0. The van der Waals surface area contributed by atoms with E-state index in [1.54, 1.807) is 13.8 Å². The molecular formula is C12H23N3O4. The summed E-state index contributed by atoms with van der Waals surface area (Å²) in [6.45, 7) is 5.61. The van der Waals surface area contributed by atoms with Crippen molar-refractivity contribution in [3.8, 4) is 0 Å². The van der Waals surface area contributed by atoms with Crippen LogP contribution in [0.3, 0.4) is 0 Å². The molecule has 0 radical (unpaired) electrons. The number of likely N-dealkylation sites (N-methyl/N-ethyl adjacent to an activating group) is 1. The van der Waals surface area contributed by atoms with E-state index in [0.29, 0.717) is 13.0 Å². The molecule has 3 N–H and O–H groups in total. The molecule has 3 amide bonds. The molecule has 0 aliphatic carbocycles. The minimum Gasteiger partial charge on any atom is -0.480 e.